The molecule has 2 heterocycles. The highest BCUT2D eigenvalue weighted by Gasteiger charge is 2.23. The molecule has 0 radical (unpaired) electrons. The van der Waals surface area contributed by atoms with Crippen molar-refractivity contribution in [3.05, 3.63) is 18.0 Å². The lowest BCUT2D eigenvalue weighted by Gasteiger charge is -2.32. The van der Waals surface area contributed by atoms with E-state index in [1.807, 2.05) is 4.90 Å². The molecule has 0 N–H and O–H groups in total. The summed E-state index contributed by atoms with van der Waals surface area (Å²) in [5.74, 6) is 0.502. The number of methoxy groups -OCH3 is 1. The van der Waals surface area contributed by atoms with Crippen LogP contribution in [0.3, 0.4) is 0 Å². The molecule has 0 amide bonds. The van der Waals surface area contributed by atoms with Crippen LogP contribution in [0.5, 0.6) is 0 Å². The molecule has 1 aliphatic rings. The quantitative estimate of drug-likeness (QED) is 0.152. The molecule has 1 atom stereocenters. The summed E-state index contributed by atoms with van der Waals surface area (Å²) in [6.45, 7) is 7.11. The van der Waals surface area contributed by atoms with E-state index in [-0.39, 0.29) is 12.7 Å². The van der Waals surface area contributed by atoms with Gasteiger partial charge in [0.15, 0.2) is 0 Å². The summed E-state index contributed by atoms with van der Waals surface area (Å²) in [6, 6.07) is 1.62. The lowest BCUT2D eigenvalue weighted by Crippen LogP contribution is -2.45. The van der Waals surface area contributed by atoms with Gasteiger partial charge in [-0.1, -0.05) is 0 Å². The number of aromatic nitrogens is 2. The standard InChI is InChI=1S/C22H39N3O10S/c1-28-7-8-29-9-10-30-11-12-31-13-14-32-15-16-33-19-21-17-25(5-6-34-21)22-23-4-3-20(24-22)18-35-36(2,26)27/h3-4,21H,5-19H2,1-2H3/t21-/m1/s1. The topological polar surface area (TPSA) is 137 Å². The summed E-state index contributed by atoms with van der Waals surface area (Å²) in [7, 11) is -1.90. The zero-order chi connectivity index (χ0) is 25.9. The summed E-state index contributed by atoms with van der Waals surface area (Å²) in [4.78, 5) is 10.7. The average Bonchev–Trinajstić information content (AvgIpc) is 2.87. The molecule has 0 bridgehead atoms. The second kappa shape index (κ2) is 18.7. The molecule has 208 valence electrons. The predicted octanol–water partition coefficient (Wildman–Crippen LogP) is -0.113. The molecule has 0 aromatic carbocycles. The first-order valence-electron chi connectivity index (χ1n) is 11.9. The third-order valence-corrected chi connectivity index (χ3v) is 5.31. The fraction of sp³-hybridized carbons (Fsp3) is 0.818. The molecule has 1 aromatic rings. The molecule has 14 heteroatoms. The molecule has 1 fully saturated rings. The van der Waals surface area contributed by atoms with Crippen molar-refractivity contribution in [3.63, 3.8) is 0 Å². The Morgan fingerprint density at radius 3 is 2.11 bits per heavy atom. The Morgan fingerprint density at radius 2 is 1.53 bits per heavy atom. The molecule has 1 saturated heterocycles. The Labute approximate surface area is 213 Å². The van der Waals surface area contributed by atoms with Gasteiger partial charge in [-0.25, -0.2) is 9.97 Å². The van der Waals surface area contributed by atoms with Crippen molar-refractivity contribution in [2.45, 2.75) is 12.7 Å². The summed E-state index contributed by atoms with van der Waals surface area (Å²) < 4.78 is 65.2. The van der Waals surface area contributed by atoms with Crippen molar-refractivity contribution in [3.8, 4) is 0 Å². The SMILES string of the molecule is COCCOCCOCCOCCOCCOC[C@H]1CN(c2nccc(COS(C)(=O)=O)n2)CCO1. The normalized spacial score (nSPS) is 16.5. The van der Waals surface area contributed by atoms with Crippen molar-refractivity contribution < 1.29 is 45.8 Å². The van der Waals surface area contributed by atoms with Crippen LogP contribution in [0, 0.1) is 0 Å². The van der Waals surface area contributed by atoms with Gasteiger partial charge in [-0.2, -0.15) is 8.42 Å². The lowest BCUT2D eigenvalue weighted by molar-refractivity contribution is -0.0434. The first-order chi connectivity index (χ1) is 17.5. The van der Waals surface area contributed by atoms with Gasteiger partial charge in [0.1, 0.15) is 6.61 Å². The summed E-state index contributed by atoms with van der Waals surface area (Å²) in [5.41, 5.74) is 0.488. The minimum atomic E-state index is -3.54. The van der Waals surface area contributed by atoms with E-state index >= 15 is 0 Å². The third kappa shape index (κ3) is 14.9. The van der Waals surface area contributed by atoms with Crippen LogP contribution in [0.15, 0.2) is 12.3 Å². The van der Waals surface area contributed by atoms with Crippen LogP contribution < -0.4 is 4.90 Å². The van der Waals surface area contributed by atoms with E-state index in [0.29, 0.717) is 104 Å². The number of ether oxygens (including phenoxy) is 7. The monoisotopic (exact) mass is 537 g/mol. The summed E-state index contributed by atoms with van der Waals surface area (Å²) >= 11 is 0. The van der Waals surface area contributed by atoms with Crippen LogP contribution in [-0.2, 0) is 54.1 Å². The second-order valence-electron chi connectivity index (χ2n) is 7.77. The number of nitrogens with zero attached hydrogens (tertiary/aromatic N) is 3. The third-order valence-electron chi connectivity index (χ3n) is 4.77. The summed E-state index contributed by atoms with van der Waals surface area (Å²) in [5, 5.41) is 0. The van der Waals surface area contributed by atoms with Gasteiger partial charge in [0, 0.05) is 26.4 Å². The first kappa shape index (κ1) is 30.7. The highest BCUT2D eigenvalue weighted by molar-refractivity contribution is 7.85. The Kier molecular flexibility index (Phi) is 16.0. The van der Waals surface area contributed by atoms with Crippen LogP contribution in [0.4, 0.5) is 5.95 Å². The highest BCUT2D eigenvalue weighted by Crippen LogP contribution is 2.14. The maximum Gasteiger partial charge on any atom is 0.264 e. The van der Waals surface area contributed by atoms with Crippen molar-refractivity contribution >= 4 is 16.1 Å². The van der Waals surface area contributed by atoms with Crippen LogP contribution in [0.1, 0.15) is 5.69 Å². The largest absolute Gasteiger partial charge is 0.382 e. The van der Waals surface area contributed by atoms with Crippen molar-refractivity contribution in [2.24, 2.45) is 0 Å². The minimum Gasteiger partial charge on any atom is -0.382 e. The van der Waals surface area contributed by atoms with Gasteiger partial charge >= 0.3 is 0 Å². The maximum absolute atomic E-state index is 11.2. The smallest absolute Gasteiger partial charge is 0.264 e. The predicted molar refractivity (Wildman–Crippen MR) is 130 cm³/mol. The van der Waals surface area contributed by atoms with E-state index in [4.69, 9.17) is 37.3 Å². The van der Waals surface area contributed by atoms with Gasteiger partial charge in [0.05, 0.1) is 97.3 Å². The van der Waals surface area contributed by atoms with Gasteiger partial charge in [-0.3, -0.25) is 4.18 Å². The van der Waals surface area contributed by atoms with Crippen molar-refractivity contribution in [2.75, 3.05) is 111 Å². The molecule has 1 aliphatic heterocycles. The van der Waals surface area contributed by atoms with Crippen LogP contribution >= 0.6 is 0 Å². The molecule has 13 nitrogen and oxygen atoms in total. The van der Waals surface area contributed by atoms with Gasteiger partial charge < -0.3 is 38.1 Å². The Balaban J connectivity index is 1.47. The Hall–Kier alpha value is -1.49. The molecule has 1 aromatic heterocycles. The van der Waals surface area contributed by atoms with Crippen LogP contribution in [0.25, 0.3) is 0 Å². The van der Waals surface area contributed by atoms with E-state index in [9.17, 15) is 8.42 Å². The summed E-state index contributed by atoms with van der Waals surface area (Å²) in [6.07, 6.45) is 2.45. The number of hydrogen-bond donors (Lipinski definition) is 0. The Bertz CT molecular complexity index is 802. The van der Waals surface area contributed by atoms with Crippen molar-refractivity contribution in [1.82, 2.24) is 9.97 Å². The average molecular weight is 538 g/mol. The molecule has 2 rings (SSSR count). The first-order valence-corrected chi connectivity index (χ1v) is 13.7. The number of rotatable bonds is 21. The van der Waals surface area contributed by atoms with E-state index < -0.39 is 10.1 Å². The molecule has 0 saturated carbocycles. The number of hydrogen-bond acceptors (Lipinski definition) is 13. The van der Waals surface area contributed by atoms with E-state index in [2.05, 4.69) is 9.97 Å². The lowest BCUT2D eigenvalue weighted by atomic mass is 10.3. The number of anilines is 1. The van der Waals surface area contributed by atoms with Crippen LogP contribution in [-0.4, -0.2) is 130 Å². The van der Waals surface area contributed by atoms with Crippen molar-refractivity contribution in [1.29, 1.82) is 0 Å². The minimum absolute atomic E-state index is 0.130. The molecule has 0 unspecified atom stereocenters. The van der Waals surface area contributed by atoms with E-state index in [1.54, 1.807) is 19.4 Å². The van der Waals surface area contributed by atoms with Gasteiger partial charge in [-0.15, -0.1) is 0 Å². The molecular weight excluding hydrogens is 498 g/mol. The molecule has 36 heavy (non-hydrogen) atoms. The zero-order valence-corrected chi connectivity index (χ0v) is 22.0. The van der Waals surface area contributed by atoms with E-state index in [1.165, 1.54) is 0 Å². The maximum atomic E-state index is 11.2. The molecular formula is C22H39N3O10S. The van der Waals surface area contributed by atoms with E-state index in [0.717, 1.165) is 6.26 Å². The van der Waals surface area contributed by atoms with Gasteiger partial charge in [0.2, 0.25) is 5.95 Å². The second-order valence-corrected chi connectivity index (χ2v) is 9.41. The van der Waals surface area contributed by atoms with Gasteiger partial charge in [-0.05, 0) is 6.07 Å². The fourth-order valence-electron chi connectivity index (χ4n) is 3.02. The van der Waals surface area contributed by atoms with Gasteiger partial charge in [0.25, 0.3) is 10.1 Å². The highest BCUT2D eigenvalue weighted by atomic mass is 32.2. The number of morpholine rings is 1. The zero-order valence-electron chi connectivity index (χ0n) is 21.2. The molecule has 0 spiro atoms. The van der Waals surface area contributed by atoms with Crippen LogP contribution in [0.2, 0.25) is 0 Å². The Morgan fingerprint density at radius 1 is 0.944 bits per heavy atom. The molecule has 0 aliphatic carbocycles. The fourth-order valence-corrected chi connectivity index (χ4v) is 3.36.